The fourth-order valence-corrected chi connectivity index (χ4v) is 3.94. The molecule has 0 bridgehead atoms. The Morgan fingerprint density at radius 1 is 1.10 bits per heavy atom. The lowest BCUT2D eigenvalue weighted by atomic mass is 10.1. The summed E-state index contributed by atoms with van der Waals surface area (Å²) in [7, 11) is 0. The van der Waals surface area contributed by atoms with E-state index >= 15 is 0 Å². The van der Waals surface area contributed by atoms with E-state index in [1.165, 1.54) is 0 Å². The first-order valence-corrected chi connectivity index (χ1v) is 10.7. The lowest BCUT2D eigenvalue weighted by molar-refractivity contribution is -0.133. The molecule has 0 radical (unpaired) electrons. The maximum atomic E-state index is 12.9. The normalized spacial score (nSPS) is 14.4. The van der Waals surface area contributed by atoms with Crippen molar-refractivity contribution in [3.05, 3.63) is 69.5 Å². The van der Waals surface area contributed by atoms with Crippen molar-refractivity contribution in [3.8, 4) is 17.5 Å². The molecule has 1 aliphatic heterocycles. The topological polar surface area (TPSA) is 80.9 Å². The van der Waals surface area contributed by atoms with Crippen LogP contribution in [0.1, 0.15) is 11.1 Å². The van der Waals surface area contributed by atoms with E-state index < -0.39 is 0 Å². The van der Waals surface area contributed by atoms with Crippen LogP contribution in [-0.4, -0.2) is 56.7 Å². The van der Waals surface area contributed by atoms with Crippen molar-refractivity contribution in [2.24, 2.45) is 0 Å². The molecular weight excluding hydrogens is 432 g/mol. The summed E-state index contributed by atoms with van der Waals surface area (Å²) in [6.45, 7) is 3.87. The van der Waals surface area contributed by atoms with Gasteiger partial charge in [0.05, 0.1) is 11.6 Å². The van der Waals surface area contributed by atoms with Crippen LogP contribution >= 0.6 is 23.8 Å². The van der Waals surface area contributed by atoms with Crippen molar-refractivity contribution in [2.45, 2.75) is 13.1 Å². The van der Waals surface area contributed by atoms with Crippen LogP contribution in [0.25, 0.3) is 11.4 Å². The van der Waals surface area contributed by atoms with Crippen LogP contribution in [0.5, 0.6) is 0 Å². The van der Waals surface area contributed by atoms with Gasteiger partial charge in [-0.1, -0.05) is 23.7 Å². The number of nitrogens with zero attached hydrogens (tertiary/aromatic N) is 5. The number of nitriles is 1. The molecule has 0 saturated carbocycles. The van der Waals surface area contributed by atoms with Crippen molar-refractivity contribution in [3.63, 3.8) is 0 Å². The maximum Gasteiger partial charge on any atom is 0.242 e. The van der Waals surface area contributed by atoms with Gasteiger partial charge in [0.1, 0.15) is 6.54 Å². The van der Waals surface area contributed by atoms with E-state index in [1.807, 2.05) is 41.3 Å². The van der Waals surface area contributed by atoms with Gasteiger partial charge in [0.15, 0.2) is 10.6 Å². The van der Waals surface area contributed by atoms with E-state index in [1.54, 1.807) is 16.7 Å². The van der Waals surface area contributed by atoms with Gasteiger partial charge in [-0.25, -0.2) is 0 Å². The SMILES string of the molecule is N#Cc1ccc(CN2CCN(C(=O)Cn3c(-c4ccc(Cl)cc4)n[nH]c3=S)CC2)cc1. The van der Waals surface area contributed by atoms with Gasteiger partial charge in [-0.05, 0) is 54.2 Å². The predicted molar refractivity (Wildman–Crippen MR) is 121 cm³/mol. The number of rotatable bonds is 5. The minimum Gasteiger partial charge on any atom is -0.339 e. The highest BCUT2D eigenvalue weighted by Gasteiger charge is 2.22. The van der Waals surface area contributed by atoms with Gasteiger partial charge in [-0.2, -0.15) is 10.4 Å². The fraction of sp³-hybridized carbons (Fsp3) is 0.273. The number of amides is 1. The number of aromatic amines is 1. The van der Waals surface area contributed by atoms with Gasteiger partial charge < -0.3 is 4.90 Å². The highest BCUT2D eigenvalue weighted by molar-refractivity contribution is 7.71. The molecule has 1 fully saturated rings. The molecule has 0 atom stereocenters. The number of carbonyl (C=O) groups is 1. The van der Waals surface area contributed by atoms with Gasteiger partial charge in [-0.3, -0.25) is 19.4 Å². The van der Waals surface area contributed by atoms with E-state index in [2.05, 4.69) is 21.2 Å². The van der Waals surface area contributed by atoms with Gasteiger partial charge in [0, 0.05) is 43.3 Å². The zero-order valence-electron chi connectivity index (χ0n) is 16.8. The molecule has 2 heterocycles. The molecule has 31 heavy (non-hydrogen) atoms. The quantitative estimate of drug-likeness (QED) is 0.599. The number of hydrogen-bond donors (Lipinski definition) is 1. The van der Waals surface area contributed by atoms with Gasteiger partial charge in [0.25, 0.3) is 0 Å². The summed E-state index contributed by atoms with van der Waals surface area (Å²) in [6.07, 6.45) is 0. The standard InChI is InChI=1S/C22H21ClN6OS/c23-19-7-5-18(6-8-19)21-25-26-22(31)29(21)15-20(30)28-11-9-27(10-12-28)14-17-3-1-16(13-24)2-4-17/h1-8H,9-12,14-15H2,(H,26,31). The van der Waals surface area contributed by atoms with E-state index in [-0.39, 0.29) is 12.5 Å². The lowest BCUT2D eigenvalue weighted by Crippen LogP contribution is -2.49. The molecule has 3 aromatic rings. The average molecular weight is 453 g/mol. The summed E-state index contributed by atoms with van der Waals surface area (Å²) < 4.78 is 2.14. The Bertz CT molecular complexity index is 1150. The minimum absolute atomic E-state index is 0.0192. The highest BCUT2D eigenvalue weighted by atomic mass is 35.5. The zero-order valence-corrected chi connectivity index (χ0v) is 18.4. The molecule has 4 rings (SSSR count). The van der Waals surface area contributed by atoms with Crippen LogP contribution in [0, 0.1) is 16.1 Å². The molecule has 1 aliphatic rings. The Hall–Kier alpha value is -2.99. The monoisotopic (exact) mass is 452 g/mol. The van der Waals surface area contributed by atoms with Crippen LogP contribution in [-0.2, 0) is 17.9 Å². The Balaban J connectivity index is 1.36. The molecule has 0 unspecified atom stereocenters. The van der Waals surface area contributed by atoms with Crippen molar-refractivity contribution in [2.75, 3.05) is 26.2 Å². The van der Waals surface area contributed by atoms with Crippen LogP contribution in [0.4, 0.5) is 0 Å². The highest BCUT2D eigenvalue weighted by Crippen LogP contribution is 2.20. The third-order valence-electron chi connectivity index (χ3n) is 5.37. The zero-order chi connectivity index (χ0) is 21.8. The predicted octanol–water partition coefficient (Wildman–Crippen LogP) is 3.48. The molecule has 158 valence electrons. The van der Waals surface area contributed by atoms with Gasteiger partial charge in [0.2, 0.25) is 5.91 Å². The molecule has 1 amide bonds. The first kappa shape index (κ1) is 21.2. The molecule has 1 N–H and O–H groups in total. The van der Waals surface area contributed by atoms with Gasteiger partial charge >= 0.3 is 0 Å². The van der Waals surface area contributed by atoms with E-state index in [4.69, 9.17) is 29.1 Å². The Morgan fingerprint density at radius 2 is 1.77 bits per heavy atom. The molecule has 1 saturated heterocycles. The second kappa shape index (κ2) is 9.43. The number of aromatic nitrogens is 3. The number of hydrogen-bond acceptors (Lipinski definition) is 5. The van der Waals surface area contributed by atoms with Crippen LogP contribution in [0.2, 0.25) is 5.02 Å². The third kappa shape index (κ3) is 5.02. The summed E-state index contributed by atoms with van der Waals surface area (Å²) >= 11 is 11.3. The summed E-state index contributed by atoms with van der Waals surface area (Å²) in [4.78, 5) is 17.1. The summed E-state index contributed by atoms with van der Waals surface area (Å²) in [5.74, 6) is 0.639. The first-order chi connectivity index (χ1) is 15.0. The third-order valence-corrected chi connectivity index (χ3v) is 5.93. The largest absolute Gasteiger partial charge is 0.339 e. The van der Waals surface area contributed by atoms with E-state index in [0.29, 0.717) is 34.3 Å². The Morgan fingerprint density at radius 3 is 2.42 bits per heavy atom. The summed E-state index contributed by atoms with van der Waals surface area (Å²) in [6, 6.07) is 17.1. The van der Waals surface area contributed by atoms with Crippen molar-refractivity contribution in [1.29, 1.82) is 5.26 Å². The Kier molecular flexibility index (Phi) is 6.47. The lowest BCUT2D eigenvalue weighted by Gasteiger charge is -2.35. The smallest absolute Gasteiger partial charge is 0.242 e. The number of halogens is 1. The fourth-order valence-electron chi connectivity index (χ4n) is 3.62. The maximum absolute atomic E-state index is 12.9. The van der Waals surface area contributed by atoms with Gasteiger partial charge in [-0.15, -0.1) is 0 Å². The number of piperazine rings is 1. The van der Waals surface area contributed by atoms with Crippen molar-refractivity contribution in [1.82, 2.24) is 24.6 Å². The molecule has 7 nitrogen and oxygen atoms in total. The van der Waals surface area contributed by atoms with Crippen LogP contribution in [0.15, 0.2) is 48.5 Å². The van der Waals surface area contributed by atoms with E-state index in [9.17, 15) is 4.79 Å². The molecule has 0 spiro atoms. The van der Waals surface area contributed by atoms with Crippen molar-refractivity contribution >= 4 is 29.7 Å². The number of nitrogens with one attached hydrogen (secondary N) is 1. The molecule has 2 aromatic carbocycles. The molecule has 0 aliphatic carbocycles. The van der Waals surface area contributed by atoms with Crippen LogP contribution in [0.3, 0.4) is 0 Å². The number of H-pyrrole nitrogens is 1. The Labute approximate surface area is 190 Å². The summed E-state index contributed by atoms with van der Waals surface area (Å²) in [5, 5.41) is 16.6. The number of carbonyl (C=O) groups excluding carboxylic acids is 1. The first-order valence-electron chi connectivity index (χ1n) is 9.94. The average Bonchev–Trinajstić information content (AvgIpc) is 3.15. The second-order valence-corrected chi connectivity index (χ2v) is 8.23. The van der Waals surface area contributed by atoms with Crippen molar-refractivity contribution < 1.29 is 4.79 Å². The second-order valence-electron chi connectivity index (χ2n) is 7.41. The number of benzene rings is 2. The molecule has 1 aromatic heterocycles. The molecule has 9 heteroatoms. The molecular formula is C22H21ClN6OS. The minimum atomic E-state index is 0.0192. The van der Waals surface area contributed by atoms with Crippen LogP contribution < -0.4 is 0 Å². The van der Waals surface area contributed by atoms with E-state index in [0.717, 1.165) is 30.8 Å². The summed E-state index contributed by atoms with van der Waals surface area (Å²) in [5.41, 5.74) is 2.67.